The van der Waals surface area contributed by atoms with Gasteiger partial charge in [0.1, 0.15) is 12.4 Å². The Morgan fingerprint density at radius 3 is 2.47 bits per heavy atom. The van der Waals surface area contributed by atoms with Crippen LogP contribution in [0.3, 0.4) is 0 Å². The van der Waals surface area contributed by atoms with Crippen molar-refractivity contribution >= 4 is 6.08 Å². The number of para-hydroxylation sites is 1. The third kappa shape index (κ3) is 3.97. The summed E-state index contributed by atoms with van der Waals surface area (Å²) in [6.07, 6.45) is 4.06. The molecule has 0 saturated carbocycles. The molecule has 2 aromatic rings. The van der Waals surface area contributed by atoms with Gasteiger partial charge in [0.2, 0.25) is 0 Å². The molecule has 0 aliphatic heterocycles. The van der Waals surface area contributed by atoms with E-state index < -0.39 is 0 Å². The molecule has 0 radical (unpaired) electrons. The van der Waals surface area contributed by atoms with Crippen LogP contribution >= 0.6 is 0 Å². The molecule has 0 bridgehead atoms. The minimum Gasteiger partial charge on any atom is -0.489 e. The highest BCUT2D eigenvalue weighted by molar-refractivity contribution is 5.48. The van der Waals surface area contributed by atoms with E-state index in [2.05, 4.69) is 18.2 Å². The summed E-state index contributed by atoms with van der Waals surface area (Å²) in [5.74, 6) is 0.857. The van der Waals surface area contributed by atoms with Crippen LogP contribution in [0, 0.1) is 0 Å². The first-order valence-corrected chi connectivity index (χ1v) is 6.46. The van der Waals surface area contributed by atoms with Gasteiger partial charge >= 0.3 is 0 Å². The average molecular weight is 253 g/mol. The van der Waals surface area contributed by atoms with Gasteiger partial charge in [-0.25, -0.2) is 0 Å². The van der Waals surface area contributed by atoms with Gasteiger partial charge in [-0.1, -0.05) is 54.6 Å². The summed E-state index contributed by atoms with van der Waals surface area (Å²) in [6.45, 7) is 2.50. The third-order valence-electron chi connectivity index (χ3n) is 2.85. The Labute approximate surface area is 114 Å². The molecule has 0 spiro atoms. The standard InChI is InChI=1S/C17H19NO/c1-14(18)16-11-5-6-12-17(16)19-13-7-10-15-8-3-2-4-9-15/h2-12,14H,13,18H2,1H3/t14-/m0/s1. The van der Waals surface area contributed by atoms with Crippen LogP contribution in [0.25, 0.3) is 6.08 Å². The highest BCUT2D eigenvalue weighted by Crippen LogP contribution is 2.23. The second kappa shape index (κ2) is 6.76. The van der Waals surface area contributed by atoms with E-state index in [0.29, 0.717) is 6.61 Å². The molecule has 2 nitrogen and oxygen atoms in total. The first-order valence-electron chi connectivity index (χ1n) is 6.46. The van der Waals surface area contributed by atoms with Gasteiger partial charge in [0.15, 0.2) is 0 Å². The van der Waals surface area contributed by atoms with Gasteiger partial charge in [-0.2, -0.15) is 0 Å². The van der Waals surface area contributed by atoms with E-state index in [1.165, 1.54) is 5.56 Å². The van der Waals surface area contributed by atoms with Crippen molar-refractivity contribution in [2.75, 3.05) is 6.61 Å². The number of benzene rings is 2. The van der Waals surface area contributed by atoms with Crippen LogP contribution in [0.1, 0.15) is 24.1 Å². The summed E-state index contributed by atoms with van der Waals surface area (Å²) in [5, 5.41) is 0. The Bertz CT molecular complexity index is 532. The molecule has 0 amide bonds. The SMILES string of the molecule is C[C@H](N)c1ccccc1OCC=Cc1ccccc1. The van der Waals surface area contributed by atoms with Crippen molar-refractivity contribution in [3.8, 4) is 5.75 Å². The maximum absolute atomic E-state index is 5.91. The first kappa shape index (κ1) is 13.4. The zero-order chi connectivity index (χ0) is 13.5. The molecule has 0 aliphatic rings. The first-order chi connectivity index (χ1) is 9.27. The molecule has 0 heterocycles. The molecule has 0 unspecified atom stereocenters. The van der Waals surface area contributed by atoms with E-state index in [4.69, 9.17) is 10.5 Å². The molecule has 0 aliphatic carbocycles. The number of rotatable bonds is 5. The lowest BCUT2D eigenvalue weighted by Crippen LogP contribution is -2.07. The van der Waals surface area contributed by atoms with Crippen LogP contribution in [0.5, 0.6) is 5.75 Å². The molecule has 0 aromatic heterocycles. The van der Waals surface area contributed by atoms with Gasteiger partial charge in [0.05, 0.1) is 0 Å². The van der Waals surface area contributed by atoms with Crippen LogP contribution in [0.15, 0.2) is 60.7 Å². The predicted molar refractivity (Wildman–Crippen MR) is 80.0 cm³/mol. The Morgan fingerprint density at radius 1 is 1.05 bits per heavy atom. The van der Waals surface area contributed by atoms with Crippen molar-refractivity contribution in [3.63, 3.8) is 0 Å². The molecule has 2 aromatic carbocycles. The zero-order valence-electron chi connectivity index (χ0n) is 11.1. The second-order valence-electron chi connectivity index (χ2n) is 4.45. The van der Waals surface area contributed by atoms with Crippen LogP contribution in [-0.2, 0) is 0 Å². The average Bonchev–Trinajstić information content (AvgIpc) is 2.45. The fourth-order valence-corrected chi connectivity index (χ4v) is 1.87. The summed E-state index contributed by atoms with van der Waals surface area (Å²) in [6, 6.07) is 18.0. The molecule has 2 heteroatoms. The van der Waals surface area contributed by atoms with Crippen molar-refractivity contribution < 1.29 is 4.74 Å². The van der Waals surface area contributed by atoms with Gasteiger partial charge in [-0.05, 0) is 24.6 Å². The van der Waals surface area contributed by atoms with Crippen molar-refractivity contribution in [3.05, 3.63) is 71.8 Å². The lowest BCUT2D eigenvalue weighted by atomic mass is 10.1. The maximum atomic E-state index is 5.91. The van der Waals surface area contributed by atoms with Crippen molar-refractivity contribution in [1.82, 2.24) is 0 Å². The number of hydrogen-bond donors (Lipinski definition) is 1. The van der Waals surface area contributed by atoms with E-state index >= 15 is 0 Å². The molecule has 19 heavy (non-hydrogen) atoms. The second-order valence-corrected chi connectivity index (χ2v) is 4.45. The van der Waals surface area contributed by atoms with Crippen molar-refractivity contribution in [1.29, 1.82) is 0 Å². The Morgan fingerprint density at radius 2 is 1.74 bits per heavy atom. The Kier molecular flexibility index (Phi) is 4.76. The molecular weight excluding hydrogens is 234 g/mol. The summed E-state index contributed by atoms with van der Waals surface area (Å²) >= 11 is 0. The fraction of sp³-hybridized carbons (Fsp3) is 0.176. The monoisotopic (exact) mass is 253 g/mol. The highest BCUT2D eigenvalue weighted by atomic mass is 16.5. The number of hydrogen-bond acceptors (Lipinski definition) is 2. The Balaban J connectivity index is 1.95. The predicted octanol–water partition coefficient (Wildman–Crippen LogP) is 3.80. The minimum atomic E-state index is -0.0192. The van der Waals surface area contributed by atoms with Crippen LogP contribution in [-0.4, -0.2) is 6.61 Å². The van der Waals surface area contributed by atoms with E-state index in [9.17, 15) is 0 Å². The summed E-state index contributed by atoms with van der Waals surface area (Å²) < 4.78 is 5.75. The van der Waals surface area contributed by atoms with Crippen LogP contribution in [0.4, 0.5) is 0 Å². The van der Waals surface area contributed by atoms with Gasteiger partial charge in [0.25, 0.3) is 0 Å². The largest absolute Gasteiger partial charge is 0.489 e. The van der Waals surface area contributed by atoms with E-state index in [0.717, 1.165) is 11.3 Å². The third-order valence-corrected chi connectivity index (χ3v) is 2.85. The zero-order valence-corrected chi connectivity index (χ0v) is 11.1. The quantitative estimate of drug-likeness (QED) is 0.879. The topological polar surface area (TPSA) is 35.2 Å². The molecule has 98 valence electrons. The lowest BCUT2D eigenvalue weighted by molar-refractivity contribution is 0.357. The van der Waals surface area contributed by atoms with Crippen LogP contribution < -0.4 is 10.5 Å². The van der Waals surface area contributed by atoms with E-state index in [-0.39, 0.29) is 6.04 Å². The molecule has 2 N–H and O–H groups in total. The van der Waals surface area contributed by atoms with Gasteiger partial charge in [-0.15, -0.1) is 0 Å². The maximum Gasteiger partial charge on any atom is 0.124 e. The fourth-order valence-electron chi connectivity index (χ4n) is 1.87. The smallest absolute Gasteiger partial charge is 0.124 e. The molecule has 0 saturated heterocycles. The van der Waals surface area contributed by atoms with Crippen molar-refractivity contribution in [2.24, 2.45) is 5.73 Å². The summed E-state index contributed by atoms with van der Waals surface area (Å²) in [7, 11) is 0. The lowest BCUT2D eigenvalue weighted by Gasteiger charge is -2.12. The number of ether oxygens (including phenoxy) is 1. The highest BCUT2D eigenvalue weighted by Gasteiger charge is 2.05. The summed E-state index contributed by atoms with van der Waals surface area (Å²) in [5.41, 5.74) is 8.12. The molecule has 2 rings (SSSR count). The van der Waals surface area contributed by atoms with E-state index in [1.54, 1.807) is 0 Å². The van der Waals surface area contributed by atoms with Crippen LogP contribution in [0.2, 0.25) is 0 Å². The van der Waals surface area contributed by atoms with Gasteiger partial charge in [0, 0.05) is 11.6 Å². The number of nitrogens with two attached hydrogens (primary N) is 1. The summed E-state index contributed by atoms with van der Waals surface area (Å²) in [4.78, 5) is 0. The van der Waals surface area contributed by atoms with Crippen molar-refractivity contribution in [2.45, 2.75) is 13.0 Å². The minimum absolute atomic E-state index is 0.0192. The Hall–Kier alpha value is -2.06. The van der Waals surface area contributed by atoms with E-state index in [1.807, 2.05) is 55.5 Å². The normalized spacial score (nSPS) is 12.5. The molecular formula is C17H19NO. The molecule has 0 fully saturated rings. The van der Waals surface area contributed by atoms with Gasteiger partial charge in [-0.3, -0.25) is 0 Å². The van der Waals surface area contributed by atoms with Gasteiger partial charge < -0.3 is 10.5 Å². The molecule has 1 atom stereocenters.